The molecular formula is C24H27N3O3S. The van der Waals surface area contributed by atoms with Crippen molar-refractivity contribution in [1.82, 2.24) is 14.5 Å². The van der Waals surface area contributed by atoms with Crippen LogP contribution in [0.5, 0.6) is 5.75 Å². The van der Waals surface area contributed by atoms with Crippen molar-refractivity contribution in [3.8, 4) is 5.75 Å². The van der Waals surface area contributed by atoms with Gasteiger partial charge in [0.15, 0.2) is 0 Å². The van der Waals surface area contributed by atoms with Gasteiger partial charge in [-0.25, -0.2) is 4.98 Å². The van der Waals surface area contributed by atoms with E-state index in [0.29, 0.717) is 32.0 Å². The number of para-hydroxylation sites is 1. The number of nitrogens with zero attached hydrogens (tertiary/aromatic N) is 3. The molecule has 1 saturated carbocycles. The third-order valence-corrected chi connectivity index (χ3v) is 7.78. The van der Waals surface area contributed by atoms with Crippen molar-refractivity contribution in [2.45, 2.75) is 51.6 Å². The standard InChI is InChI=1S/C24H27N3O3S/c1-30-19-9-5-4-6-16(19)10-12-27-15-25-22-21(24(27)29)18-11-13-26(14-20(18)31-22)23(28)17-7-2-3-8-17/h4-6,9,15,17H,2-3,7-8,10-14H2,1H3. The molecule has 1 aromatic carbocycles. The number of hydrogen-bond acceptors (Lipinski definition) is 5. The molecule has 0 saturated heterocycles. The lowest BCUT2D eigenvalue weighted by Crippen LogP contribution is -2.38. The molecule has 2 aliphatic rings. The number of ether oxygens (including phenoxy) is 1. The van der Waals surface area contributed by atoms with Crippen LogP contribution in [-0.4, -0.2) is 34.0 Å². The molecule has 0 unspecified atom stereocenters. The Kier molecular flexibility index (Phi) is 5.52. The minimum Gasteiger partial charge on any atom is -0.496 e. The number of carbonyl (C=O) groups excluding carboxylic acids is 1. The van der Waals surface area contributed by atoms with Gasteiger partial charge < -0.3 is 9.64 Å². The van der Waals surface area contributed by atoms with Crippen LogP contribution in [-0.2, 0) is 30.7 Å². The fourth-order valence-corrected chi connectivity index (χ4v) is 6.14. The second-order valence-corrected chi connectivity index (χ2v) is 9.56. The number of rotatable bonds is 5. The zero-order valence-electron chi connectivity index (χ0n) is 17.8. The highest BCUT2D eigenvalue weighted by atomic mass is 32.1. The highest BCUT2D eigenvalue weighted by molar-refractivity contribution is 7.18. The minimum absolute atomic E-state index is 0.0213. The van der Waals surface area contributed by atoms with E-state index in [-0.39, 0.29) is 11.5 Å². The first kappa shape index (κ1) is 20.2. The zero-order valence-corrected chi connectivity index (χ0v) is 18.6. The van der Waals surface area contributed by atoms with E-state index in [1.54, 1.807) is 29.3 Å². The molecule has 1 aliphatic carbocycles. The van der Waals surface area contributed by atoms with Crippen molar-refractivity contribution >= 4 is 27.5 Å². The molecule has 6 nitrogen and oxygen atoms in total. The third-order valence-electron chi connectivity index (χ3n) is 6.66. The van der Waals surface area contributed by atoms with Crippen LogP contribution < -0.4 is 10.3 Å². The smallest absolute Gasteiger partial charge is 0.262 e. The number of amides is 1. The van der Waals surface area contributed by atoms with Crippen LogP contribution in [0.15, 0.2) is 35.4 Å². The van der Waals surface area contributed by atoms with Crippen molar-refractivity contribution in [3.63, 3.8) is 0 Å². The first-order valence-electron chi connectivity index (χ1n) is 11.1. The maximum absolute atomic E-state index is 13.3. The molecular weight excluding hydrogens is 410 g/mol. The van der Waals surface area contributed by atoms with E-state index in [0.717, 1.165) is 64.1 Å². The predicted octanol–water partition coefficient (Wildman–Crippen LogP) is 3.78. The Hall–Kier alpha value is -2.67. The Morgan fingerprint density at radius 1 is 1.26 bits per heavy atom. The molecule has 5 rings (SSSR count). The summed E-state index contributed by atoms with van der Waals surface area (Å²) in [6.45, 7) is 1.87. The summed E-state index contributed by atoms with van der Waals surface area (Å²) in [5, 5.41) is 0.746. The van der Waals surface area contributed by atoms with Gasteiger partial charge in [0, 0.05) is 23.9 Å². The van der Waals surface area contributed by atoms with E-state index < -0.39 is 0 Å². The maximum atomic E-state index is 13.3. The lowest BCUT2D eigenvalue weighted by molar-refractivity contribution is -0.136. The molecule has 0 radical (unpaired) electrons. The third kappa shape index (κ3) is 3.76. The van der Waals surface area contributed by atoms with Gasteiger partial charge in [0.1, 0.15) is 10.6 Å². The van der Waals surface area contributed by atoms with Gasteiger partial charge in [-0.1, -0.05) is 31.0 Å². The largest absolute Gasteiger partial charge is 0.496 e. The first-order chi connectivity index (χ1) is 15.2. The second kappa shape index (κ2) is 8.46. The maximum Gasteiger partial charge on any atom is 0.262 e. The van der Waals surface area contributed by atoms with Crippen molar-refractivity contribution in [2.24, 2.45) is 5.92 Å². The van der Waals surface area contributed by atoms with Crippen molar-refractivity contribution in [3.05, 3.63) is 57.0 Å². The summed E-state index contributed by atoms with van der Waals surface area (Å²) in [6.07, 6.45) is 7.46. The Bertz CT molecular complexity index is 1180. The van der Waals surface area contributed by atoms with Crippen LogP contribution in [0.3, 0.4) is 0 Å². The zero-order chi connectivity index (χ0) is 21.4. The number of aromatic nitrogens is 2. The van der Waals surface area contributed by atoms with Gasteiger partial charge in [-0.3, -0.25) is 14.2 Å². The van der Waals surface area contributed by atoms with E-state index in [9.17, 15) is 9.59 Å². The van der Waals surface area contributed by atoms with Crippen molar-refractivity contribution in [2.75, 3.05) is 13.7 Å². The summed E-state index contributed by atoms with van der Waals surface area (Å²) in [4.78, 5) is 34.6. The quantitative estimate of drug-likeness (QED) is 0.609. The highest BCUT2D eigenvalue weighted by Crippen LogP contribution is 2.34. The van der Waals surface area contributed by atoms with Gasteiger partial charge in [-0.2, -0.15) is 0 Å². The molecule has 3 heterocycles. The molecule has 2 aromatic heterocycles. The van der Waals surface area contributed by atoms with Gasteiger partial charge in [-0.05, 0) is 42.9 Å². The highest BCUT2D eigenvalue weighted by Gasteiger charge is 2.31. The first-order valence-corrected chi connectivity index (χ1v) is 11.9. The van der Waals surface area contributed by atoms with Crippen LogP contribution in [0.4, 0.5) is 0 Å². The molecule has 0 spiro atoms. The SMILES string of the molecule is COc1ccccc1CCn1cnc2sc3c(c2c1=O)CCN(C(=O)C1CCCC1)C3. The molecule has 1 amide bonds. The average molecular weight is 438 g/mol. The number of methoxy groups -OCH3 is 1. The molecule has 1 aliphatic heterocycles. The fraction of sp³-hybridized carbons (Fsp3) is 0.458. The van der Waals surface area contributed by atoms with Gasteiger partial charge in [0.25, 0.3) is 5.56 Å². The second-order valence-electron chi connectivity index (χ2n) is 8.48. The molecule has 0 N–H and O–H groups in total. The van der Waals surface area contributed by atoms with Crippen LogP contribution in [0, 0.1) is 5.92 Å². The summed E-state index contributed by atoms with van der Waals surface area (Å²) in [5.41, 5.74) is 2.19. The van der Waals surface area contributed by atoms with Crippen molar-refractivity contribution < 1.29 is 9.53 Å². The molecule has 0 atom stereocenters. The van der Waals surface area contributed by atoms with Gasteiger partial charge in [0.2, 0.25) is 5.91 Å². The van der Waals surface area contributed by atoms with Crippen LogP contribution in [0.2, 0.25) is 0 Å². The Morgan fingerprint density at radius 2 is 2.06 bits per heavy atom. The lowest BCUT2D eigenvalue weighted by atomic mass is 10.0. The Morgan fingerprint density at radius 3 is 2.87 bits per heavy atom. The van der Waals surface area contributed by atoms with Gasteiger partial charge in [-0.15, -0.1) is 11.3 Å². The predicted molar refractivity (Wildman–Crippen MR) is 122 cm³/mol. The van der Waals surface area contributed by atoms with Crippen LogP contribution in [0.1, 0.15) is 41.7 Å². The number of benzene rings is 1. The summed E-state index contributed by atoms with van der Waals surface area (Å²) in [7, 11) is 1.66. The topological polar surface area (TPSA) is 64.4 Å². The minimum atomic E-state index is 0.0213. The van der Waals surface area contributed by atoms with E-state index in [1.165, 1.54) is 0 Å². The van der Waals surface area contributed by atoms with E-state index in [2.05, 4.69) is 4.98 Å². The summed E-state index contributed by atoms with van der Waals surface area (Å²) in [5.74, 6) is 1.33. The van der Waals surface area contributed by atoms with E-state index in [1.807, 2.05) is 29.2 Å². The number of hydrogen-bond donors (Lipinski definition) is 0. The normalized spacial score (nSPS) is 16.6. The van der Waals surface area contributed by atoms with Gasteiger partial charge in [0.05, 0.1) is 25.4 Å². The number of thiophene rings is 1. The average Bonchev–Trinajstić information content (AvgIpc) is 3.46. The number of fused-ring (bicyclic) bond motifs is 3. The summed E-state index contributed by atoms with van der Waals surface area (Å²) >= 11 is 1.57. The van der Waals surface area contributed by atoms with E-state index >= 15 is 0 Å². The molecule has 31 heavy (non-hydrogen) atoms. The molecule has 0 bridgehead atoms. The molecule has 7 heteroatoms. The Labute approximate surface area is 185 Å². The summed E-state index contributed by atoms with van der Waals surface area (Å²) in [6, 6.07) is 7.89. The molecule has 1 fully saturated rings. The monoisotopic (exact) mass is 437 g/mol. The molecule has 162 valence electrons. The number of aryl methyl sites for hydroxylation is 2. The number of carbonyl (C=O) groups is 1. The van der Waals surface area contributed by atoms with Crippen LogP contribution >= 0.6 is 11.3 Å². The Balaban J connectivity index is 1.39. The summed E-state index contributed by atoms with van der Waals surface area (Å²) < 4.78 is 7.14. The van der Waals surface area contributed by atoms with E-state index in [4.69, 9.17) is 4.74 Å². The van der Waals surface area contributed by atoms with Gasteiger partial charge >= 0.3 is 0 Å². The fourth-order valence-electron chi connectivity index (χ4n) is 4.95. The lowest BCUT2D eigenvalue weighted by Gasteiger charge is -2.29. The van der Waals surface area contributed by atoms with Crippen LogP contribution in [0.25, 0.3) is 10.2 Å². The molecule has 3 aromatic rings. The van der Waals surface area contributed by atoms with Crippen molar-refractivity contribution in [1.29, 1.82) is 0 Å².